The molecule has 0 radical (unpaired) electrons. The van der Waals surface area contributed by atoms with E-state index in [0.717, 1.165) is 19.3 Å². The third kappa shape index (κ3) is 2.17. The van der Waals surface area contributed by atoms with Crippen LogP contribution >= 0.6 is 0 Å². The van der Waals surface area contributed by atoms with Gasteiger partial charge in [-0.3, -0.25) is 4.79 Å². The molecule has 2 aliphatic carbocycles. The lowest BCUT2D eigenvalue weighted by atomic mass is 9.51. The highest BCUT2D eigenvalue weighted by molar-refractivity contribution is 5.95. The zero-order valence-electron chi connectivity index (χ0n) is 11.0. The van der Waals surface area contributed by atoms with E-state index in [-0.39, 0.29) is 30.3 Å². The van der Waals surface area contributed by atoms with Crippen LogP contribution in [0.2, 0.25) is 0 Å². The first-order chi connectivity index (χ1) is 8.51. The normalized spacial score (nSPS) is 39.8. The van der Waals surface area contributed by atoms with E-state index in [1.165, 1.54) is 5.57 Å². The molecule has 2 N–H and O–H groups in total. The van der Waals surface area contributed by atoms with Gasteiger partial charge in [0.2, 0.25) is 0 Å². The number of rotatable bonds is 2. The van der Waals surface area contributed by atoms with Gasteiger partial charge in [-0.15, -0.1) is 0 Å². The quantitative estimate of drug-likeness (QED) is 0.735. The second kappa shape index (κ2) is 4.98. The third-order valence-electron chi connectivity index (χ3n) is 4.74. The Balaban J connectivity index is 2.23. The van der Waals surface area contributed by atoms with Crippen LogP contribution in [0.3, 0.4) is 0 Å². The zero-order valence-corrected chi connectivity index (χ0v) is 11.0. The van der Waals surface area contributed by atoms with Crippen molar-refractivity contribution in [1.82, 2.24) is 0 Å². The molecule has 0 bridgehead atoms. The van der Waals surface area contributed by atoms with Gasteiger partial charge in [-0.1, -0.05) is 25.2 Å². The number of hydrogen-bond acceptors (Lipinski definition) is 3. The largest absolute Gasteiger partial charge is 0.396 e. The van der Waals surface area contributed by atoms with Gasteiger partial charge in [0.1, 0.15) is 0 Å². The fraction of sp³-hybridized carbons (Fsp3) is 0.667. The Morgan fingerprint density at radius 3 is 2.83 bits per heavy atom. The van der Waals surface area contributed by atoms with Crippen LogP contribution in [-0.2, 0) is 4.79 Å². The van der Waals surface area contributed by atoms with Crippen molar-refractivity contribution in [2.45, 2.75) is 32.6 Å². The molecule has 1 fully saturated rings. The predicted molar refractivity (Wildman–Crippen MR) is 70.0 cm³/mol. The summed E-state index contributed by atoms with van der Waals surface area (Å²) in [6, 6.07) is 0. The van der Waals surface area contributed by atoms with E-state index < -0.39 is 0 Å². The Hall–Kier alpha value is -0.930. The van der Waals surface area contributed by atoms with Crippen molar-refractivity contribution >= 4 is 5.78 Å². The molecular weight excluding hydrogens is 228 g/mol. The molecule has 18 heavy (non-hydrogen) atoms. The van der Waals surface area contributed by atoms with E-state index in [1.54, 1.807) is 0 Å². The third-order valence-corrected chi connectivity index (χ3v) is 4.74. The minimum Gasteiger partial charge on any atom is -0.396 e. The van der Waals surface area contributed by atoms with Crippen LogP contribution in [-0.4, -0.2) is 29.2 Å². The topological polar surface area (TPSA) is 57.5 Å². The Morgan fingerprint density at radius 2 is 2.22 bits per heavy atom. The number of Topliss-reactive ketones (excluding diaryl/α,β-unsaturated/α-hetero) is 1. The number of carbonyl (C=O) groups is 1. The average Bonchev–Trinajstić information content (AvgIpc) is 2.40. The molecule has 1 saturated carbocycles. The molecule has 0 aliphatic heterocycles. The fourth-order valence-electron chi connectivity index (χ4n) is 3.34. The molecule has 0 spiro atoms. The molecule has 0 aromatic carbocycles. The first-order valence-electron chi connectivity index (χ1n) is 6.63. The average molecular weight is 250 g/mol. The van der Waals surface area contributed by atoms with Crippen LogP contribution in [0.15, 0.2) is 23.8 Å². The van der Waals surface area contributed by atoms with Crippen LogP contribution < -0.4 is 0 Å². The lowest BCUT2D eigenvalue weighted by molar-refractivity contribution is -0.123. The highest BCUT2D eigenvalue weighted by atomic mass is 16.3. The van der Waals surface area contributed by atoms with Crippen LogP contribution in [0.25, 0.3) is 0 Å². The molecule has 0 amide bonds. The van der Waals surface area contributed by atoms with Gasteiger partial charge in [0, 0.05) is 18.6 Å². The fourth-order valence-corrected chi connectivity index (χ4v) is 3.34. The summed E-state index contributed by atoms with van der Waals surface area (Å²) in [4.78, 5) is 12.1. The van der Waals surface area contributed by atoms with Gasteiger partial charge in [-0.05, 0) is 36.5 Å². The van der Waals surface area contributed by atoms with E-state index in [9.17, 15) is 15.0 Å². The molecule has 3 atom stereocenters. The van der Waals surface area contributed by atoms with Crippen LogP contribution in [0.5, 0.6) is 0 Å². The van der Waals surface area contributed by atoms with Gasteiger partial charge in [0.15, 0.2) is 5.78 Å². The molecule has 0 saturated heterocycles. The van der Waals surface area contributed by atoms with E-state index in [4.69, 9.17) is 0 Å². The smallest absolute Gasteiger partial charge is 0.161 e. The van der Waals surface area contributed by atoms with Crippen molar-refractivity contribution in [3.05, 3.63) is 23.8 Å². The lowest BCUT2D eigenvalue weighted by Gasteiger charge is -2.53. The number of allylic oxidation sites excluding steroid dienone is 2. The second-order valence-electron chi connectivity index (χ2n) is 5.94. The number of aliphatic hydroxyl groups excluding tert-OH is 2. The summed E-state index contributed by atoms with van der Waals surface area (Å²) in [5.74, 6) is 0.565. The summed E-state index contributed by atoms with van der Waals surface area (Å²) in [5, 5.41) is 18.7. The number of carbonyl (C=O) groups excluding carboxylic acids is 1. The van der Waals surface area contributed by atoms with Crippen molar-refractivity contribution in [3.63, 3.8) is 0 Å². The van der Waals surface area contributed by atoms with Crippen LogP contribution in [0.4, 0.5) is 0 Å². The summed E-state index contributed by atoms with van der Waals surface area (Å²) >= 11 is 0. The molecule has 0 aromatic heterocycles. The van der Waals surface area contributed by atoms with Gasteiger partial charge in [-0.25, -0.2) is 0 Å². The van der Waals surface area contributed by atoms with Gasteiger partial charge in [0.25, 0.3) is 0 Å². The molecule has 0 aromatic rings. The Morgan fingerprint density at radius 1 is 1.50 bits per heavy atom. The first-order valence-corrected chi connectivity index (χ1v) is 6.63. The van der Waals surface area contributed by atoms with Crippen molar-refractivity contribution in [2.75, 3.05) is 13.2 Å². The zero-order chi connectivity index (χ0) is 13.3. The van der Waals surface area contributed by atoms with Crippen molar-refractivity contribution in [3.8, 4) is 0 Å². The van der Waals surface area contributed by atoms with E-state index >= 15 is 0 Å². The van der Waals surface area contributed by atoms with E-state index in [1.807, 2.05) is 13.0 Å². The maximum absolute atomic E-state index is 12.1. The highest BCUT2D eigenvalue weighted by Crippen LogP contribution is 2.56. The Bertz CT molecular complexity index is 397. The van der Waals surface area contributed by atoms with Crippen LogP contribution in [0, 0.1) is 17.3 Å². The highest BCUT2D eigenvalue weighted by Gasteiger charge is 2.51. The molecule has 100 valence electrons. The monoisotopic (exact) mass is 250 g/mol. The molecule has 2 rings (SSSR count). The maximum atomic E-state index is 12.1. The summed E-state index contributed by atoms with van der Waals surface area (Å²) in [5.41, 5.74) is 1.55. The summed E-state index contributed by atoms with van der Waals surface area (Å²) in [6.07, 6.45) is 4.84. The molecule has 0 unspecified atom stereocenters. The number of fused-ring (bicyclic) bond motifs is 1. The Labute approximate surface area is 108 Å². The second-order valence-corrected chi connectivity index (χ2v) is 5.94. The van der Waals surface area contributed by atoms with Gasteiger partial charge in [0.05, 0.1) is 6.61 Å². The SMILES string of the molecule is C=C1CC/C=C(/CO)C(=O)C[C@@H]2[C@H]1C[C@]2(C)CO. The minimum atomic E-state index is -0.182. The maximum Gasteiger partial charge on any atom is 0.161 e. The molecular formula is C15H22O3. The van der Waals surface area contributed by atoms with Gasteiger partial charge in [-0.2, -0.15) is 0 Å². The predicted octanol–water partition coefficient (Wildman–Crippen LogP) is 1.85. The van der Waals surface area contributed by atoms with Crippen molar-refractivity contribution in [2.24, 2.45) is 17.3 Å². The summed E-state index contributed by atoms with van der Waals surface area (Å²) in [7, 11) is 0. The molecule has 0 heterocycles. The number of ketones is 1. The van der Waals surface area contributed by atoms with Gasteiger partial charge < -0.3 is 10.2 Å². The number of hydrogen-bond donors (Lipinski definition) is 2. The van der Waals surface area contributed by atoms with E-state index in [2.05, 4.69) is 6.58 Å². The number of aliphatic hydroxyl groups is 2. The first kappa shape index (κ1) is 13.5. The molecule has 2 aliphatic rings. The van der Waals surface area contributed by atoms with Gasteiger partial charge >= 0.3 is 0 Å². The molecule has 3 heteroatoms. The molecule has 3 nitrogen and oxygen atoms in total. The van der Waals surface area contributed by atoms with Crippen molar-refractivity contribution < 1.29 is 15.0 Å². The minimum absolute atomic E-state index is 0.0292. The lowest BCUT2D eigenvalue weighted by Crippen LogP contribution is -2.49. The van der Waals surface area contributed by atoms with Crippen molar-refractivity contribution in [1.29, 1.82) is 0 Å². The summed E-state index contributed by atoms with van der Waals surface area (Å²) in [6.45, 7) is 6.10. The standard InChI is InChI=1S/C15H22O3/c1-10-4-3-5-11(8-16)14(18)6-13-12(10)7-15(13,2)9-17/h5,12-13,16-17H,1,3-4,6-9H2,2H3/b11-5-/t12-,13+,15+/m0/s1. The Kier molecular flexibility index (Phi) is 3.74. The summed E-state index contributed by atoms with van der Waals surface area (Å²) < 4.78 is 0. The van der Waals surface area contributed by atoms with E-state index in [0.29, 0.717) is 17.9 Å². The van der Waals surface area contributed by atoms with Crippen LogP contribution in [0.1, 0.15) is 32.6 Å².